The lowest BCUT2D eigenvalue weighted by molar-refractivity contribution is -0.128. The molecule has 0 radical (unpaired) electrons. The second-order valence-corrected chi connectivity index (χ2v) is 6.11. The molecule has 6 nitrogen and oxygen atoms in total. The first-order chi connectivity index (χ1) is 10.2. The highest BCUT2D eigenvalue weighted by molar-refractivity contribution is 5.94. The standard InChI is InChI=1S/C16H25N3O3.ClH/c1-16(2,3)15(21)18-9-5-6-14(20)19-13-10-11(22-4)7-8-12(13)17;/h7-8,10H,5-6,9,17H2,1-4H3,(H,18,21)(H,19,20);1H. The lowest BCUT2D eigenvalue weighted by atomic mass is 9.96. The number of methoxy groups -OCH3 is 1. The monoisotopic (exact) mass is 343 g/mol. The van der Waals surface area contributed by atoms with Gasteiger partial charge in [0.25, 0.3) is 0 Å². The summed E-state index contributed by atoms with van der Waals surface area (Å²) in [6, 6.07) is 5.08. The van der Waals surface area contributed by atoms with Gasteiger partial charge in [-0.15, -0.1) is 12.4 Å². The van der Waals surface area contributed by atoms with E-state index in [1.165, 1.54) is 0 Å². The van der Waals surface area contributed by atoms with E-state index >= 15 is 0 Å². The number of carbonyl (C=O) groups excluding carboxylic acids is 2. The molecule has 0 saturated heterocycles. The van der Waals surface area contributed by atoms with Gasteiger partial charge in [-0.2, -0.15) is 0 Å². The van der Waals surface area contributed by atoms with E-state index in [-0.39, 0.29) is 24.2 Å². The lowest BCUT2D eigenvalue weighted by Crippen LogP contribution is -2.35. The van der Waals surface area contributed by atoms with Crippen LogP contribution in [0.1, 0.15) is 33.6 Å². The molecular weight excluding hydrogens is 318 g/mol. The Bertz CT molecular complexity index is 542. The Morgan fingerprint density at radius 3 is 2.48 bits per heavy atom. The molecule has 7 heteroatoms. The second kappa shape index (κ2) is 9.25. The summed E-state index contributed by atoms with van der Waals surface area (Å²) in [5.41, 5.74) is 6.40. The van der Waals surface area contributed by atoms with Crippen LogP contribution in [-0.4, -0.2) is 25.5 Å². The molecule has 0 unspecified atom stereocenters. The smallest absolute Gasteiger partial charge is 0.225 e. The summed E-state index contributed by atoms with van der Waals surface area (Å²) in [4.78, 5) is 23.6. The van der Waals surface area contributed by atoms with Gasteiger partial charge in [0.1, 0.15) is 5.75 Å². The Kier molecular flexibility index (Phi) is 8.46. The number of ether oxygens (including phenoxy) is 1. The van der Waals surface area contributed by atoms with Crippen LogP contribution in [0.25, 0.3) is 0 Å². The fourth-order valence-electron chi connectivity index (χ4n) is 1.70. The molecule has 0 aromatic heterocycles. The van der Waals surface area contributed by atoms with Crippen LogP contribution < -0.4 is 21.1 Å². The summed E-state index contributed by atoms with van der Waals surface area (Å²) in [5.74, 6) is 0.455. The third kappa shape index (κ3) is 7.23. The number of rotatable bonds is 6. The number of amides is 2. The second-order valence-electron chi connectivity index (χ2n) is 6.11. The minimum Gasteiger partial charge on any atom is -0.497 e. The Balaban J connectivity index is 0.00000484. The van der Waals surface area contributed by atoms with E-state index in [4.69, 9.17) is 10.5 Å². The van der Waals surface area contributed by atoms with Crippen molar-refractivity contribution >= 4 is 35.6 Å². The van der Waals surface area contributed by atoms with Crippen molar-refractivity contribution in [3.8, 4) is 5.75 Å². The van der Waals surface area contributed by atoms with Gasteiger partial charge >= 0.3 is 0 Å². The van der Waals surface area contributed by atoms with Crippen LogP contribution in [0.4, 0.5) is 11.4 Å². The van der Waals surface area contributed by atoms with Gasteiger partial charge in [0.05, 0.1) is 18.5 Å². The zero-order chi connectivity index (χ0) is 16.8. The van der Waals surface area contributed by atoms with Gasteiger partial charge in [-0.05, 0) is 18.6 Å². The summed E-state index contributed by atoms with van der Waals surface area (Å²) >= 11 is 0. The summed E-state index contributed by atoms with van der Waals surface area (Å²) in [6.07, 6.45) is 0.874. The van der Waals surface area contributed by atoms with Crippen LogP contribution in [0.3, 0.4) is 0 Å². The summed E-state index contributed by atoms with van der Waals surface area (Å²) < 4.78 is 5.09. The molecule has 0 atom stereocenters. The van der Waals surface area contributed by atoms with Crippen LogP contribution in [0.2, 0.25) is 0 Å². The number of hydrogen-bond donors (Lipinski definition) is 3. The third-order valence-corrected chi connectivity index (χ3v) is 3.08. The van der Waals surface area contributed by atoms with Gasteiger partial charge in [-0.1, -0.05) is 20.8 Å². The van der Waals surface area contributed by atoms with E-state index in [1.54, 1.807) is 25.3 Å². The Morgan fingerprint density at radius 2 is 1.91 bits per heavy atom. The molecule has 130 valence electrons. The Labute approximate surface area is 143 Å². The normalized spacial score (nSPS) is 10.4. The molecule has 0 heterocycles. The summed E-state index contributed by atoms with van der Waals surface area (Å²) in [6.45, 7) is 6.01. The van der Waals surface area contributed by atoms with E-state index in [9.17, 15) is 9.59 Å². The molecule has 1 aromatic rings. The highest BCUT2D eigenvalue weighted by Crippen LogP contribution is 2.24. The molecule has 0 bridgehead atoms. The molecule has 1 rings (SSSR count). The van der Waals surface area contributed by atoms with Gasteiger partial charge < -0.3 is 21.1 Å². The van der Waals surface area contributed by atoms with Crippen molar-refractivity contribution in [3.63, 3.8) is 0 Å². The maximum atomic E-state index is 11.9. The highest BCUT2D eigenvalue weighted by atomic mass is 35.5. The molecular formula is C16H26ClN3O3. The van der Waals surface area contributed by atoms with Gasteiger partial charge in [-0.3, -0.25) is 9.59 Å². The van der Waals surface area contributed by atoms with E-state index in [0.717, 1.165) is 0 Å². The molecule has 0 aliphatic heterocycles. The molecule has 0 fully saturated rings. The van der Waals surface area contributed by atoms with Crippen molar-refractivity contribution in [3.05, 3.63) is 18.2 Å². The largest absolute Gasteiger partial charge is 0.497 e. The van der Waals surface area contributed by atoms with Crippen molar-refractivity contribution in [1.29, 1.82) is 0 Å². The zero-order valence-corrected chi connectivity index (χ0v) is 14.9. The van der Waals surface area contributed by atoms with Gasteiger partial charge in [-0.25, -0.2) is 0 Å². The molecule has 0 aliphatic carbocycles. The quantitative estimate of drug-likeness (QED) is 0.546. The zero-order valence-electron chi connectivity index (χ0n) is 14.1. The molecule has 0 spiro atoms. The van der Waals surface area contributed by atoms with Crippen LogP contribution in [-0.2, 0) is 9.59 Å². The minimum atomic E-state index is -0.419. The van der Waals surface area contributed by atoms with Gasteiger partial charge in [0.15, 0.2) is 0 Å². The molecule has 0 aliphatic rings. The molecule has 4 N–H and O–H groups in total. The predicted octanol–water partition coefficient (Wildman–Crippen LogP) is 2.58. The lowest BCUT2D eigenvalue weighted by Gasteiger charge is -2.17. The molecule has 0 saturated carbocycles. The number of benzene rings is 1. The van der Waals surface area contributed by atoms with Crippen LogP contribution in [0.15, 0.2) is 18.2 Å². The van der Waals surface area contributed by atoms with Crippen molar-refractivity contribution in [1.82, 2.24) is 5.32 Å². The first kappa shape index (κ1) is 21.0. The first-order valence-corrected chi connectivity index (χ1v) is 7.25. The van der Waals surface area contributed by atoms with E-state index in [1.807, 2.05) is 20.8 Å². The average Bonchev–Trinajstić information content (AvgIpc) is 2.44. The van der Waals surface area contributed by atoms with Gasteiger partial charge in [0.2, 0.25) is 11.8 Å². The fourth-order valence-corrected chi connectivity index (χ4v) is 1.70. The summed E-state index contributed by atoms with van der Waals surface area (Å²) in [7, 11) is 1.55. The minimum absolute atomic E-state index is 0. The SMILES string of the molecule is COc1ccc(N)c(NC(=O)CCCNC(=O)C(C)(C)C)c1.Cl. The maximum Gasteiger partial charge on any atom is 0.225 e. The fraction of sp³-hybridized carbons (Fsp3) is 0.500. The maximum absolute atomic E-state index is 11.9. The van der Waals surface area contributed by atoms with Crippen LogP contribution in [0.5, 0.6) is 5.75 Å². The predicted molar refractivity (Wildman–Crippen MR) is 95.0 cm³/mol. The molecule has 2 amide bonds. The van der Waals surface area contributed by atoms with Crippen molar-refractivity contribution < 1.29 is 14.3 Å². The molecule has 23 heavy (non-hydrogen) atoms. The number of nitrogens with one attached hydrogen (secondary N) is 2. The van der Waals surface area contributed by atoms with Gasteiger partial charge in [0, 0.05) is 24.4 Å². The van der Waals surface area contributed by atoms with E-state index < -0.39 is 5.41 Å². The van der Waals surface area contributed by atoms with E-state index in [0.29, 0.717) is 36.5 Å². The average molecular weight is 344 g/mol. The first-order valence-electron chi connectivity index (χ1n) is 7.25. The van der Waals surface area contributed by atoms with Crippen LogP contribution >= 0.6 is 12.4 Å². The highest BCUT2D eigenvalue weighted by Gasteiger charge is 2.20. The number of nitrogen functional groups attached to an aromatic ring is 1. The Hall–Kier alpha value is -1.95. The Morgan fingerprint density at radius 1 is 1.26 bits per heavy atom. The number of nitrogens with two attached hydrogens (primary N) is 1. The number of carbonyl (C=O) groups is 2. The number of halogens is 1. The van der Waals surface area contributed by atoms with E-state index in [2.05, 4.69) is 10.6 Å². The number of hydrogen-bond acceptors (Lipinski definition) is 4. The van der Waals surface area contributed by atoms with Crippen molar-refractivity contribution in [2.75, 3.05) is 24.7 Å². The topological polar surface area (TPSA) is 93.4 Å². The number of anilines is 2. The molecule has 1 aromatic carbocycles. The summed E-state index contributed by atoms with van der Waals surface area (Å²) in [5, 5.41) is 5.55. The third-order valence-electron chi connectivity index (χ3n) is 3.08. The van der Waals surface area contributed by atoms with Crippen molar-refractivity contribution in [2.45, 2.75) is 33.6 Å². The van der Waals surface area contributed by atoms with Crippen LogP contribution in [0, 0.1) is 5.41 Å². The van der Waals surface area contributed by atoms with Crippen molar-refractivity contribution in [2.24, 2.45) is 5.41 Å².